The van der Waals surface area contributed by atoms with Gasteiger partial charge in [0.1, 0.15) is 11.6 Å². The van der Waals surface area contributed by atoms with Crippen molar-refractivity contribution in [3.05, 3.63) is 35.4 Å². The number of Topliss-reactive ketones (excluding diaryl/α,β-unsaturated/α-hetero) is 1. The zero-order valence-corrected chi connectivity index (χ0v) is 8.47. The van der Waals surface area contributed by atoms with Crippen molar-refractivity contribution in [2.24, 2.45) is 5.73 Å². The van der Waals surface area contributed by atoms with E-state index < -0.39 is 17.7 Å². The number of nitrogens with two attached hydrogens (primary N) is 1. The molecule has 1 unspecified atom stereocenters. The molecule has 0 radical (unpaired) electrons. The van der Waals surface area contributed by atoms with Crippen molar-refractivity contribution in [2.75, 3.05) is 0 Å². The van der Waals surface area contributed by atoms with E-state index in [2.05, 4.69) is 0 Å². The Hall–Kier alpha value is -1.29. The van der Waals surface area contributed by atoms with Crippen LogP contribution in [0.15, 0.2) is 18.2 Å². The van der Waals surface area contributed by atoms with Gasteiger partial charge in [-0.15, -0.1) is 0 Å². The van der Waals surface area contributed by atoms with Crippen molar-refractivity contribution in [2.45, 2.75) is 25.8 Å². The zero-order valence-electron chi connectivity index (χ0n) is 8.47. The normalized spacial score (nSPS) is 12.5. The van der Waals surface area contributed by atoms with Crippen molar-refractivity contribution in [3.63, 3.8) is 0 Å². The lowest BCUT2D eigenvalue weighted by molar-refractivity contribution is -0.119. The molecule has 0 fully saturated rings. The summed E-state index contributed by atoms with van der Waals surface area (Å²) >= 11 is 0. The minimum absolute atomic E-state index is 0.0822. The maximum atomic E-state index is 13.1. The average molecular weight is 213 g/mol. The van der Waals surface area contributed by atoms with E-state index in [0.29, 0.717) is 6.42 Å². The molecule has 1 rings (SSSR count). The van der Waals surface area contributed by atoms with Crippen molar-refractivity contribution < 1.29 is 13.6 Å². The molecule has 2 nitrogen and oxygen atoms in total. The Bertz CT molecular complexity index is 366. The first kappa shape index (κ1) is 11.8. The van der Waals surface area contributed by atoms with Crippen LogP contribution in [0.2, 0.25) is 0 Å². The fourth-order valence-electron chi connectivity index (χ4n) is 1.21. The molecule has 0 aliphatic heterocycles. The van der Waals surface area contributed by atoms with Crippen molar-refractivity contribution in [1.82, 2.24) is 0 Å². The fraction of sp³-hybridized carbons (Fsp3) is 0.364. The maximum Gasteiger partial charge on any atom is 0.153 e. The average Bonchev–Trinajstić information content (AvgIpc) is 2.20. The Morgan fingerprint density at radius 3 is 2.67 bits per heavy atom. The van der Waals surface area contributed by atoms with Gasteiger partial charge in [0.15, 0.2) is 5.78 Å². The zero-order chi connectivity index (χ0) is 11.4. The molecule has 1 aromatic carbocycles. The van der Waals surface area contributed by atoms with Crippen LogP contribution in [0.3, 0.4) is 0 Å². The molecule has 0 aliphatic rings. The molecule has 0 spiro atoms. The predicted molar refractivity (Wildman–Crippen MR) is 53.3 cm³/mol. The number of hydrogen-bond donors (Lipinski definition) is 1. The predicted octanol–water partition coefficient (Wildman–Crippen LogP) is 1.81. The molecule has 82 valence electrons. The second kappa shape index (κ2) is 4.98. The lowest BCUT2D eigenvalue weighted by Crippen LogP contribution is -2.31. The van der Waals surface area contributed by atoms with Gasteiger partial charge in [-0.05, 0) is 18.1 Å². The Morgan fingerprint density at radius 1 is 1.47 bits per heavy atom. The van der Waals surface area contributed by atoms with E-state index in [0.717, 1.165) is 12.1 Å². The number of halogens is 2. The van der Waals surface area contributed by atoms with E-state index in [4.69, 9.17) is 5.73 Å². The molecule has 0 aromatic heterocycles. The smallest absolute Gasteiger partial charge is 0.153 e. The van der Waals surface area contributed by atoms with Gasteiger partial charge in [0.25, 0.3) is 0 Å². The molecular weight excluding hydrogens is 200 g/mol. The number of carbonyl (C=O) groups excluding carboxylic acids is 1. The third-order valence-electron chi connectivity index (χ3n) is 2.23. The Balaban J connectivity index is 2.77. The van der Waals surface area contributed by atoms with Crippen LogP contribution >= 0.6 is 0 Å². The van der Waals surface area contributed by atoms with Crippen LogP contribution in [0.5, 0.6) is 0 Å². The number of benzene rings is 1. The summed E-state index contributed by atoms with van der Waals surface area (Å²) in [4.78, 5) is 11.4. The summed E-state index contributed by atoms with van der Waals surface area (Å²) < 4.78 is 25.7. The van der Waals surface area contributed by atoms with Crippen molar-refractivity contribution >= 4 is 5.78 Å². The van der Waals surface area contributed by atoms with E-state index in [1.165, 1.54) is 6.07 Å². The van der Waals surface area contributed by atoms with Gasteiger partial charge >= 0.3 is 0 Å². The minimum Gasteiger partial charge on any atom is -0.322 e. The molecule has 0 aliphatic carbocycles. The fourth-order valence-corrected chi connectivity index (χ4v) is 1.21. The summed E-state index contributed by atoms with van der Waals surface area (Å²) in [6.07, 6.45) is 0.433. The molecule has 1 aromatic rings. The van der Waals surface area contributed by atoms with E-state index >= 15 is 0 Å². The maximum absolute atomic E-state index is 13.1. The molecule has 4 heteroatoms. The quantitative estimate of drug-likeness (QED) is 0.828. The molecule has 0 amide bonds. The second-order valence-corrected chi connectivity index (χ2v) is 3.39. The van der Waals surface area contributed by atoms with Crippen LogP contribution in [-0.2, 0) is 11.2 Å². The van der Waals surface area contributed by atoms with Gasteiger partial charge in [0, 0.05) is 12.5 Å². The van der Waals surface area contributed by atoms with E-state index in [1.54, 1.807) is 6.92 Å². The van der Waals surface area contributed by atoms with Gasteiger partial charge < -0.3 is 5.73 Å². The summed E-state index contributed by atoms with van der Waals surface area (Å²) in [6, 6.07) is 2.59. The summed E-state index contributed by atoms with van der Waals surface area (Å²) in [6.45, 7) is 1.78. The highest BCUT2D eigenvalue weighted by Crippen LogP contribution is 2.11. The minimum atomic E-state index is -0.702. The molecule has 15 heavy (non-hydrogen) atoms. The lowest BCUT2D eigenvalue weighted by atomic mass is 10.0. The van der Waals surface area contributed by atoms with Crippen LogP contribution < -0.4 is 5.73 Å². The first-order valence-corrected chi connectivity index (χ1v) is 4.76. The van der Waals surface area contributed by atoms with E-state index in [9.17, 15) is 13.6 Å². The van der Waals surface area contributed by atoms with Gasteiger partial charge in [0.2, 0.25) is 0 Å². The molecule has 0 saturated carbocycles. The van der Waals surface area contributed by atoms with Gasteiger partial charge in [-0.25, -0.2) is 8.78 Å². The first-order valence-electron chi connectivity index (χ1n) is 4.76. The van der Waals surface area contributed by atoms with Crippen LogP contribution in [0, 0.1) is 11.6 Å². The number of ketones is 1. The van der Waals surface area contributed by atoms with Crippen molar-refractivity contribution in [3.8, 4) is 0 Å². The van der Waals surface area contributed by atoms with Gasteiger partial charge in [-0.2, -0.15) is 0 Å². The number of carbonyl (C=O) groups is 1. The highest BCUT2D eigenvalue weighted by atomic mass is 19.1. The molecule has 0 heterocycles. The summed E-state index contributed by atoms with van der Waals surface area (Å²) in [5.41, 5.74) is 5.68. The highest BCUT2D eigenvalue weighted by Gasteiger charge is 2.14. The standard InChI is InChI=1S/C11H13F2NO/c1-2-10(14)11(15)5-7-3-4-8(12)6-9(7)13/h3-4,6,10H,2,5,14H2,1H3. The summed E-state index contributed by atoms with van der Waals surface area (Å²) in [5.74, 6) is -1.59. The molecule has 0 bridgehead atoms. The molecule has 2 N–H and O–H groups in total. The van der Waals surface area contributed by atoms with Crippen molar-refractivity contribution in [1.29, 1.82) is 0 Å². The Morgan fingerprint density at radius 2 is 2.13 bits per heavy atom. The van der Waals surface area contributed by atoms with E-state index in [1.807, 2.05) is 0 Å². The molecular formula is C11H13F2NO. The summed E-state index contributed by atoms with van der Waals surface area (Å²) in [7, 11) is 0. The Labute approximate surface area is 87.1 Å². The molecule has 0 saturated heterocycles. The van der Waals surface area contributed by atoms with Crippen LogP contribution in [0.1, 0.15) is 18.9 Å². The molecule has 1 atom stereocenters. The van der Waals surface area contributed by atoms with Gasteiger partial charge in [0.05, 0.1) is 6.04 Å². The van der Waals surface area contributed by atoms with Crippen LogP contribution in [0.25, 0.3) is 0 Å². The topological polar surface area (TPSA) is 43.1 Å². The van der Waals surface area contributed by atoms with Crippen LogP contribution in [0.4, 0.5) is 8.78 Å². The Kier molecular flexibility index (Phi) is 3.91. The van der Waals surface area contributed by atoms with E-state index in [-0.39, 0.29) is 17.8 Å². The third kappa shape index (κ3) is 3.09. The SMILES string of the molecule is CCC(N)C(=O)Cc1ccc(F)cc1F. The van der Waals surface area contributed by atoms with Gasteiger partial charge in [-0.3, -0.25) is 4.79 Å². The monoisotopic (exact) mass is 213 g/mol. The second-order valence-electron chi connectivity index (χ2n) is 3.39. The van der Waals surface area contributed by atoms with Gasteiger partial charge in [-0.1, -0.05) is 13.0 Å². The van der Waals surface area contributed by atoms with Crippen LogP contribution in [-0.4, -0.2) is 11.8 Å². The number of rotatable bonds is 4. The third-order valence-corrected chi connectivity index (χ3v) is 2.23. The largest absolute Gasteiger partial charge is 0.322 e. The number of hydrogen-bond acceptors (Lipinski definition) is 2. The highest BCUT2D eigenvalue weighted by molar-refractivity contribution is 5.85. The lowest BCUT2D eigenvalue weighted by Gasteiger charge is -2.07. The summed E-state index contributed by atoms with van der Waals surface area (Å²) in [5, 5.41) is 0. The first-order chi connectivity index (χ1) is 7.04.